The highest BCUT2D eigenvalue weighted by molar-refractivity contribution is 7.71. The first kappa shape index (κ1) is 17.2. The fourth-order valence-corrected chi connectivity index (χ4v) is 2.63. The number of ether oxygens (including phenoxy) is 1. The van der Waals surface area contributed by atoms with Gasteiger partial charge in [0.1, 0.15) is 17.0 Å². The minimum Gasteiger partial charge on any atom is -0.489 e. The van der Waals surface area contributed by atoms with Gasteiger partial charge in [-0.05, 0) is 42.5 Å². The zero-order chi connectivity index (χ0) is 17.6. The molecule has 0 saturated carbocycles. The summed E-state index contributed by atoms with van der Waals surface area (Å²) in [6.45, 7) is 0.380. The minimum atomic E-state index is -0.258. The van der Waals surface area contributed by atoms with Gasteiger partial charge in [-0.2, -0.15) is 0 Å². The van der Waals surface area contributed by atoms with Gasteiger partial charge < -0.3 is 15.0 Å². The standard InChI is InChI=1S/C19H15ClN2O2S/c20-17-6-2-1-4-13(17)12-24-15-9-7-14(8-10-15)22-18(23)16-5-3-11-21-19(16)25/h1-11H,12H2,(H,21,25)(H,22,23). The number of pyridine rings is 1. The molecule has 6 heteroatoms. The molecule has 0 saturated heterocycles. The third-order valence-electron chi connectivity index (χ3n) is 3.53. The van der Waals surface area contributed by atoms with Crippen molar-refractivity contribution in [1.29, 1.82) is 0 Å². The van der Waals surface area contributed by atoms with Gasteiger partial charge in [-0.25, -0.2) is 0 Å². The number of hydrogen-bond acceptors (Lipinski definition) is 3. The lowest BCUT2D eigenvalue weighted by atomic mass is 10.2. The lowest BCUT2D eigenvalue weighted by molar-refractivity contribution is 0.102. The Hall–Kier alpha value is -2.63. The number of nitrogens with one attached hydrogen (secondary N) is 2. The zero-order valence-corrected chi connectivity index (χ0v) is 14.7. The second kappa shape index (κ2) is 7.96. The highest BCUT2D eigenvalue weighted by atomic mass is 35.5. The molecule has 2 N–H and O–H groups in total. The van der Waals surface area contributed by atoms with Crippen LogP contribution in [0.15, 0.2) is 66.9 Å². The summed E-state index contributed by atoms with van der Waals surface area (Å²) in [5.41, 5.74) is 2.00. The van der Waals surface area contributed by atoms with Crippen LogP contribution in [-0.2, 0) is 6.61 Å². The number of anilines is 1. The van der Waals surface area contributed by atoms with E-state index in [1.807, 2.05) is 24.3 Å². The number of benzene rings is 2. The Bertz CT molecular complexity index is 938. The molecule has 0 aliphatic rings. The quantitative estimate of drug-likeness (QED) is 0.605. The van der Waals surface area contributed by atoms with E-state index in [4.69, 9.17) is 28.6 Å². The van der Waals surface area contributed by atoms with E-state index >= 15 is 0 Å². The Morgan fingerprint density at radius 1 is 1.08 bits per heavy atom. The molecule has 0 aliphatic carbocycles. The first-order valence-corrected chi connectivity index (χ1v) is 8.37. The van der Waals surface area contributed by atoms with Crippen LogP contribution in [0.3, 0.4) is 0 Å². The van der Waals surface area contributed by atoms with Crippen LogP contribution in [0.1, 0.15) is 15.9 Å². The van der Waals surface area contributed by atoms with Crippen molar-refractivity contribution in [2.24, 2.45) is 0 Å². The van der Waals surface area contributed by atoms with Gasteiger partial charge in [0.05, 0.1) is 5.56 Å². The predicted octanol–water partition coefficient (Wildman–Crippen LogP) is 5.23. The monoisotopic (exact) mass is 370 g/mol. The second-order valence-corrected chi connectivity index (χ2v) is 6.09. The smallest absolute Gasteiger partial charge is 0.258 e. The van der Waals surface area contributed by atoms with Crippen molar-refractivity contribution >= 4 is 35.4 Å². The van der Waals surface area contributed by atoms with E-state index in [1.165, 1.54) is 0 Å². The van der Waals surface area contributed by atoms with Gasteiger partial charge in [-0.15, -0.1) is 0 Å². The molecule has 0 spiro atoms. The van der Waals surface area contributed by atoms with Crippen molar-refractivity contribution in [1.82, 2.24) is 4.98 Å². The molecule has 25 heavy (non-hydrogen) atoms. The largest absolute Gasteiger partial charge is 0.489 e. The number of hydrogen-bond donors (Lipinski definition) is 2. The van der Waals surface area contributed by atoms with Gasteiger partial charge in [-0.3, -0.25) is 4.79 Å². The lowest BCUT2D eigenvalue weighted by Gasteiger charge is -2.09. The van der Waals surface area contributed by atoms with E-state index in [1.54, 1.807) is 42.6 Å². The number of carbonyl (C=O) groups excluding carboxylic acids is 1. The number of carbonyl (C=O) groups is 1. The van der Waals surface area contributed by atoms with Gasteiger partial charge in [0.2, 0.25) is 0 Å². The topological polar surface area (TPSA) is 54.1 Å². The van der Waals surface area contributed by atoms with E-state index in [-0.39, 0.29) is 5.91 Å². The fourth-order valence-electron chi connectivity index (χ4n) is 2.21. The van der Waals surface area contributed by atoms with Crippen LogP contribution < -0.4 is 10.1 Å². The molecule has 0 fully saturated rings. The number of amides is 1. The maximum atomic E-state index is 12.2. The highest BCUT2D eigenvalue weighted by Crippen LogP contribution is 2.20. The van der Waals surface area contributed by atoms with Crippen molar-refractivity contribution in [3.05, 3.63) is 87.7 Å². The Morgan fingerprint density at radius 2 is 1.84 bits per heavy atom. The molecule has 1 aromatic heterocycles. The van der Waals surface area contributed by atoms with Gasteiger partial charge in [0.25, 0.3) is 5.91 Å². The summed E-state index contributed by atoms with van der Waals surface area (Å²) >= 11 is 11.2. The van der Waals surface area contributed by atoms with Crippen molar-refractivity contribution in [3.8, 4) is 5.75 Å². The maximum absolute atomic E-state index is 12.2. The average Bonchev–Trinajstić information content (AvgIpc) is 2.62. The molecule has 3 aromatic rings. The first-order valence-electron chi connectivity index (χ1n) is 7.59. The molecule has 1 amide bonds. The number of rotatable bonds is 5. The average molecular weight is 371 g/mol. The molecule has 0 atom stereocenters. The maximum Gasteiger partial charge on any atom is 0.258 e. The molecular weight excluding hydrogens is 356 g/mol. The summed E-state index contributed by atoms with van der Waals surface area (Å²) in [5.74, 6) is 0.432. The molecule has 2 aromatic carbocycles. The van der Waals surface area contributed by atoms with Crippen molar-refractivity contribution < 1.29 is 9.53 Å². The highest BCUT2D eigenvalue weighted by Gasteiger charge is 2.08. The Kier molecular flexibility index (Phi) is 5.48. The van der Waals surface area contributed by atoms with Crippen LogP contribution in [0.4, 0.5) is 5.69 Å². The zero-order valence-electron chi connectivity index (χ0n) is 13.2. The molecule has 0 radical (unpaired) electrons. The van der Waals surface area contributed by atoms with E-state index in [2.05, 4.69) is 10.3 Å². The molecule has 0 unspecified atom stereocenters. The summed E-state index contributed by atoms with van der Waals surface area (Å²) < 4.78 is 6.12. The summed E-state index contributed by atoms with van der Waals surface area (Å²) in [6.07, 6.45) is 1.68. The van der Waals surface area contributed by atoms with Crippen molar-refractivity contribution in [2.45, 2.75) is 6.61 Å². The second-order valence-electron chi connectivity index (χ2n) is 5.27. The van der Waals surface area contributed by atoms with Crippen LogP contribution in [0.5, 0.6) is 5.75 Å². The molecule has 3 rings (SSSR count). The van der Waals surface area contributed by atoms with Gasteiger partial charge >= 0.3 is 0 Å². The van der Waals surface area contributed by atoms with Crippen molar-refractivity contribution in [2.75, 3.05) is 5.32 Å². The number of halogens is 1. The Labute approximate surface area is 155 Å². The van der Waals surface area contributed by atoms with Gasteiger partial charge in [0.15, 0.2) is 0 Å². The SMILES string of the molecule is O=C(Nc1ccc(OCc2ccccc2Cl)cc1)c1ccc[nH]c1=S. The predicted molar refractivity (Wildman–Crippen MR) is 102 cm³/mol. The number of aromatic amines is 1. The molecule has 0 aliphatic heterocycles. The third kappa shape index (κ3) is 4.47. The third-order valence-corrected chi connectivity index (χ3v) is 4.23. The molecule has 126 valence electrons. The number of aromatic nitrogens is 1. The number of H-pyrrole nitrogens is 1. The van der Waals surface area contributed by atoms with Gasteiger partial charge in [-0.1, -0.05) is 42.0 Å². The molecule has 0 bridgehead atoms. The summed E-state index contributed by atoms with van der Waals surface area (Å²) in [6, 6.07) is 18.1. The molecular formula is C19H15ClN2O2S. The van der Waals surface area contributed by atoms with Crippen molar-refractivity contribution in [3.63, 3.8) is 0 Å². The molecule has 4 nitrogen and oxygen atoms in total. The minimum absolute atomic E-state index is 0.258. The van der Waals surface area contributed by atoms with Gasteiger partial charge in [0, 0.05) is 22.5 Å². The van der Waals surface area contributed by atoms with Crippen LogP contribution in [0.2, 0.25) is 5.02 Å². The van der Waals surface area contributed by atoms with E-state index in [9.17, 15) is 4.79 Å². The van der Waals surface area contributed by atoms with Crippen LogP contribution in [-0.4, -0.2) is 10.9 Å². The molecule has 1 heterocycles. The van der Waals surface area contributed by atoms with Crippen LogP contribution >= 0.6 is 23.8 Å². The van der Waals surface area contributed by atoms with E-state index in [0.29, 0.717) is 33.3 Å². The van der Waals surface area contributed by atoms with E-state index < -0.39 is 0 Å². The lowest BCUT2D eigenvalue weighted by Crippen LogP contribution is -2.12. The fraction of sp³-hybridized carbons (Fsp3) is 0.0526. The van der Waals surface area contributed by atoms with Crippen LogP contribution in [0.25, 0.3) is 0 Å². The summed E-state index contributed by atoms with van der Waals surface area (Å²) in [7, 11) is 0. The Balaban J connectivity index is 1.62. The summed E-state index contributed by atoms with van der Waals surface area (Å²) in [4.78, 5) is 15.1. The van der Waals surface area contributed by atoms with Crippen LogP contribution in [0, 0.1) is 4.64 Å². The summed E-state index contributed by atoms with van der Waals surface area (Å²) in [5, 5.41) is 3.48. The normalized spacial score (nSPS) is 10.3. The van der Waals surface area contributed by atoms with E-state index in [0.717, 1.165) is 5.56 Å². The Morgan fingerprint density at radius 3 is 2.56 bits per heavy atom. The first-order chi connectivity index (χ1) is 12.1.